The third-order valence-electron chi connectivity index (χ3n) is 4.24. The van der Waals surface area contributed by atoms with E-state index in [1.54, 1.807) is 6.08 Å². The van der Waals surface area contributed by atoms with Gasteiger partial charge in [-0.1, -0.05) is 44.2 Å². The normalized spacial score (nSPS) is 11.2. The van der Waals surface area contributed by atoms with Gasteiger partial charge >= 0.3 is 0 Å². The summed E-state index contributed by atoms with van der Waals surface area (Å²) >= 11 is 0. The first-order valence-corrected chi connectivity index (χ1v) is 9.13. The van der Waals surface area contributed by atoms with Crippen LogP contribution in [0, 0.1) is 31.1 Å². The zero-order valence-electron chi connectivity index (χ0n) is 16.4. The summed E-state index contributed by atoms with van der Waals surface area (Å²) in [4.78, 5) is 12.5. The predicted molar refractivity (Wildman–Crippen MR) is 110 cm³/mol. The van der Waals surface area contributed by atoms with Gasteiger partial charge in [0.25, 0.3) is 5.91 Å². The van der Waals surface area contributed by atoms with Crippen LogP contribution in [0.25, 0.3) is 6.08 Å². The number of amides is 1. The predicted octanol–water partition coefficient (Wildman–Crippen LogP) is 5.27. The number of carbonyl (C=O) groups excluding carboxylic acids is 1. The molecule has 2 rings (SSSR count). The van der Waals surface area contributed by atoms with Crippen LogP contribution < -0.4 is 10.1 Å². The molecule has 0 saturated heterocycles. The maximum absolute atomic E-state index is 12.5. The lowest BCUT2D eigenvalue weighted by molar-refractivity contribution is -0.112. The first kappa shape index (κ1) is 20.3. The molecule has 27 heavy (non-hydrogen) atoms. The Kier molecular flexibility index (Phi) is 7.19. The van der Waals surface area contributed by atoms with Crippen LogP contribution in [0.4, 0.5) is 5.69 Å². The molecule has 0 aliphatic carbocycles. The van der Waals surface area contributed by atoms with Crippen molar-refractivity contribution in [3.8, 4) is 11.8 Å². The smallest absolute Gasteiger partial charge is 0.266 e. The van der Waals surface area contributed by atoms with Gasteiger partial charge in [0.2, 0.25) is 0 Å². The van der Waals surface area contributed by atoms with Crippen molar-refractivity contribution in [1.29, 1.82) is 5.26 Å². The molecule has 2 aromatic rings. The van der Waals surface area contributed by atoms with E-state index < -0.39 is 5.91 Å². The quantitative estimate of drug-likeness (QED) is 0.539. The molecule has 1 amide bonds. The summed E-state index contributed by atoms with van der Waals surface area (Å²) in [5, 5.41) is 12.2. The minimum Gasteiger partial charge on any atom is -0.494 e. The van der Waals surface area contributed by atoms with Crippen LogP contribution in [0.1, 0.15) is 37.0 Å². The van der Waals surface area contributed by atoms with Crippen molar-refractivity contribution in [1.82, 2.24) is 0 Å². The number of ether oxygens (including phenoxy) is 1. The monoisotopic (exact) mass is 362 g/mol. The highest BCUT2D eigenvalue weighted by Gasteiger charge is 2.12. The van der Waals surface area contributed by atoms with E-state index >= 15 is 0 Å². The van der Waals surface area contributed by atoms with Gasteiger partial charge in [0.05, 0.1) is 6.61 Å². The molecule has 0 spiro atoms. The number of carbonyl (C=O) groups is 1. The molecule has 0 aliphatic heterocycles. The molecule has 4 nitrogen and oxygen atoms in total. The van der Waals surface area contributed by atoms with Crippen LogP contribution in [0.2, 0.25) is 0 Å². The molecular formula is C23H26N2O2. The highest BCUT2D eigenvalue weighted by molar-refractivity contribution is 6.10. The minimum atomic E-state index is -0.410. The second-order valence-corrected chi connectivity index (χ2v) is 6.99. The molecule has 0 unspecified atom stereocenters. The van der Waals surface area contributed by atoms with Crippen molar-refractivity contribution in [2.24, 2.45) is 5.92 Å². The topological polar surface area (TPSA) is 62.1 Å². The van der Waals surface area contributed by atoms with Gasteiger partial charge in [-0.2, -0.15) is 5.26 Å². The van der Waals surface area contributed by atoms with Crippen LogP contribution >= 0.6 is 0 Å². The summed E-state index contributed by atoms with van der Waals surface area (Å²) < 4.78 is 5.69. The standard InChI is InChI=1S/C23H26N2O2/c1-16(2)12-13-27-21-10-8-19(9-11-21)14-20(15-24)23(26)25-22-17(3)6-5-7-18(22)4/h5-11,14,16H,12-13H2,1-4H3,(H,25,26)/b20-14+. The van der Waals surface area contributed by atoms with Crippen LogP contribution in [-0.4, -0.2) is 12.5 Å². The number of benzene rings is 2. The van der Waals surface area contributed by atoms with Gasteiger partial charge in [-0.25, -0.2) is 0 Å². The Morgan fingerprint density at radius 2 is 1.78 bits per heavy atom. The summed E-state index contributed by atoms with van der Waals surface area (Å²) in [5.74, 6) is 0.972. The third-order valence-corrected chi connectivity index (χ3v) is 4.24. The van der Waals surface area contributed by atoms with E-state index in [1.165, 1.54) is 0 Å². The average molecular weight is 362 g/mol. The maximum Gasteiger partial charge on any atom is 0.266 e. The highest BCUT2D eigenvalue weighted by atomic mass is 16.5. The number of hydrogen-bond donors (Lipinski definition) is 1. The van der Waals surface area contributed by atoms with Gasteiger partial charge in [-0.05, 0) is 61.1 Å². The van der Waals surface area contributed by atoms with Gasteiger partial charge in [-0.3, -0.25) is 4.79 Å². The second kappa shape index (κ2) is 9.59. The average Bonchev–Trinajstić information content (AvgIpc) is 2.63. The molecule has 0 bridgehead atoms. The van der Waals surface area contributed by atoms with E-state index in [1.807, 2.05) is 62.4 Å². The summed E-state index contributed by atoms with van der Waals surface area (Å²) in [7, 11) is 0. The molecule has 0 atom stereocenters. The first-order valence-electron chi connectivity index (χ1n) is 9.13. The Hall–Kier alpha value is -3.06. The lowest BCUT2D eigenvalue weighted by atomic mass is 10.1. The minimum absolute atomic E-state index is 0.0612. The van der Waals surface area contributed by atoms with Gasteiger partial charge in [0, 0.05) is 5.69 Å². The summed E-state index contributed by atoms with van der Waals surface area (Å²) in [6.45, 7) is 8.84. The summed E-state index contributed by atoms with van der Waals surface area (Å²) in [5.41, 5.74) is 3.51. The molecule has 0 fully saturated rings. The maximum atomic E-state index is 12.5. The van der Waals surface area contributed by atoms with Gasteiger partial charge in [0.15, 0.2) is 0 Å². The Morgan fingerprint density at radius 3 is 2.33 bits per heavy atom. The Morgan fingerprint density at radius 1 is 1.15 bits per heavy atom. The molecule has 0 heterocycles. The summed E-state index contributed by atoms with van der Waals surface area (Å²) in [6.07, 6.45) is 2.58. The fourth-order valence-electron chi connectivity index (χ4n) is 2.58. The molecule has 0 aromatic heterocycles. The van der Waals surface area contributed by atoms with Crippen molar-refractivity contribution < 1.29 is 9.53 Å². The molecule has 1 N–H and O–H groups in total. The molecule has 0 saturated carbocycles. The van der Waals surface area contributed by atoms with Crippen LogP contribution in [0.5, 0.6) is 5.75 Å². The van der Waals surface area contributed by atoms with Crippen LogP contribution in [0.15, 0.2) is 48.0 Å². The highest BCUT2D eigenvalue weighted by Crippen LogP contribution is 2.21. The lowest BCUT2D eigenvalue weighted by Gasteiger charge is -2.11. The number of anilines is 1. The molecule has 0 aliphatic rings. The molecule has 4 heteroatoms. The van der Waals surface area contributed by atoms with Crippen molar-refractivity contribution in [3.05, 3.63) is 64.7 Å². The van der Waals surface area contributed by atoms with Crippen LogP contribution in [-0.2, 0) is 4.79 Å². The van der Waals surface area contributed by atoms with E-state index in [-0.39, 0.29) is 5.57 Å². The molecule has 140 valence electrons. The Balaban J connectivity index is 2.09. The number of nitriles is 1. The molecule has 2 aromatic carbocycles. The summed E-state index contributed by atoms with van der Waals surface area (Å²) in [6, 6.07) is 15.2. The Labute approximate surface area is 161 Å². The van der Waals surface area contributed by atoms with Gasteiger partial charge in [-0.15, -0.1) is 0 Å². The SMILES string of the molecule is Cc1cccc(C)c1NC(=O)/C(C#N)=C/c1ccc(OCCC(C)C)cc1. The third kappa shape index (κ3) is 6.00. The zero-order chi connectivity index (χ0) is 19.8. The lowest BCUT2D eigenvalue weighted by Crippen LogP contribution is -2.15. The second-order valence-electron chi connectivity index (χ2n) is 6.99. The molecular weight excluding hydrogens is 336 g/mol. The van der Waals surface area contributed by atoms with E-state index in [2.05, 4.69) is 19.2 Å². The number of hydrogen-bond acceptors (Lipinski definition) is 3. The van der Waals surface area contributed by atoms with Gasteiger partial charge < -0.3 is 10.1 Å². The number of nitrogens with one attached hydrogen (secondary N) is 1. The molecule has 0 radical (unpaired) electrons. The van der Waals surface area contributed by atoms with Crippen molar-refractivity contribution >= 4 is 17.7 Å². The van der Waals surface area contributed by atoms with Crippen molar-refractivity contribution in [2.45, 2.75) is 34.1 Å². The zero-order valence-corrected chi connectivity index (χ0v) is 16.4. The van der Waals surface area contributed by atoms with E-state index in [4.69, 9.17) is 4.74 Å². The van der Waals surface area contributed by atoms with Gasteiger partial charge in [0.1, 0.15) is 17.4 Å². The van der Waals surface area contributed by atoms with E-state index in [0.717, 1.165) is 34.5 Å². The first-order chi connectivity index (χ1) is 12.9. The number of para-hydroxylation sites is 1. The van der Waals surface area contributed by atoms with Crippen LogP contribution in [0.3, 0.4) is 0 Å². The number of rotatable bonds is 7. The number of aryl methyl sites for hydroxylation is 2. The van der Waals surface area contributed by atoms with Crippen molar-refractivity contribution in [2.75, 3.05) is 11.9 Å². The van der Waals surface area contributed by atoms with Crippen molar-refractivity contribution in [3.63, 3.8) is 0 Å². The fourth-order valence-corrected chi connectivity index (χ4v) is 2.58. The largest absolute Gasteiger partial charge is 0.494 e. The number of nitrogens with zero attached hydrogens (tertiary/aromatic N) is 1. The Bertz CT molecular complexity index is 839. The van der Waals surface area contributed by atoms with E-state index in [9.17, 15) is 10.1 Å². The fraction of sp³-hybridized carbons (Fsp3) is 0.304. The van der Waals surface area contributed by atoms with E-state index in [0.29, 0.717) is 12.5 Å².